The monoisotopic (exact) mass is 355 g/mol. The molecule has 2 saturated heterocycles. The Kier molecular flexibility index (Phi) is 4.55. The Morgan fingerprint density at radius 1 is 1.12 bits per heavy atom. The van der Waals surface area contributed by atoms with Gasteiger partial charge >= 0.3 is 6.03 Å². The highest BCUT2D eigenvalue weighted by Gasteiger charge is 2.37. The molecule has 2 aliphatic heterocycles. The number of benzene rings is 1. The van der Waals surface area contributed by atoms with Gasteiger partial charge in [-0.2, -0.15) is 0 Å². The van der Waals surface area contributed by atoms with E-state index in [1.165, 1.54) is 16.4 Å². The molecule has 24 heavy (non-hydrogen) atoms. The van der Waals surface area contributed by atoms with E-state index in [1.807, 2.05) is 5.32 Å². The zero-order valence-corrected chi connectivity index (χ0v) is 13.7. The van der Waals surface area contributed by atoms with Crippen molar-refractivity contribution >= 4 is 22.0 Å². The van der Waals surface area contributed by atoms with E-state index in [0.717, 1.165) is 5.56 Å². The molecule has 0 aromatic heterocycles. The summed E-state index contributed by atoms with van der Waals surface area (Å²) in [6.45, 7) is 0.680. The Hall–Kier alpha value is -2.00. The van der Waals surface area contributed by atoms with Gasteiger partial charge in [-0.25, -0.2) is 21.9 Å². The molecule has 2 aliphatic rings. The molecule has 0 radical (unpaired) electrons. The highest BCUT2D eigenvalue weighted by Crippen LogP contribution is 2.29. The number of rotatable bonds is 4. The van der Waals surface area contributed by atoms with Gasteiger partial charge in [0, 0.05) is 13.1 Å². The fraction of sp³-hybridized carbons (Fsp3) is 0.467. The fourth-order valence-corrected chi connectivity index (χ4v) is 4.73. The summed E-state index contributed by atoms with van der Waals surface area (Å²) in [5, 5.41) is 4.32. The molecule has 3 amide bonds. The SMILES string of the molecule is O=C1NC(=O)[C@H](CS(=O)(=O)N2CCC(c3ccc(F)cc3)CC2)N1. The second kappa shape index (κ2) is 6.48. The first-order chi connectivity index (χ1) is 11.3. The van der Waals surface area contributed by atoms with E-state index in [-0.39, 0.29) is 11.7 Å². The van der Waals surface area contributed by atoms with Gasteiger partial charge in [0.15, 0.2) is 0 Å². The highest BCUT2D eigenvalue weighted by molar-refractivity contribution is 7.89. The predicted octanol–water partition coefficient (Wildman–Crippen LogP) is 0.543. The van der Waals surface area contributed by atoms with Crippen molar-refractivity contribution in [3.05, 3.63) is 35.6 Å². The number of hydrogen-bond acceptors (Lipinski definition) is 4. The van der Waals surface area contributed by atoms with Crippen LogP contribution in [0.15, 0.2) is 24.3 Å². The van der Waals surface area contributed by atoms with E-state index in [0.29, 0.717) is 25.9 Å². The summed E-state index contributed by atoms with van der Waals surface area (Å²) >= 11 is 0. The first-order valence-corrected chi connectivity index (χ1v) is 9.31. The summed E-state index contributed by atoms with van der Waals surface area (Å²) < 4.78 is 39.2. The van der Waals surface area contributed by atoms with Crippen LogP contribution in [0.25, 0.3) is 0 Å². The molecule has 2 fully saturated rings. The maximum absolute atomic E-state index is 13.0. The van der Waals surface area contributed by atoms with E-state index in [9.17, 15) is 22.4 Å². The first-order valence-electron chi connectivity index (χ1n) is 7.70. The number of hydrogen-bond donors (Lipinski definition) is 2. The standard InChI is InChI=1S/C15H18FN3O4S/c16-12-3-1-10(2-4-12)11-5-7-19(8-6-11)24(22,23)9-13-14(20)18-15(21)17-13/h1-4,11,13H,5-9H2,(H2,17,18,20,21)/t13-/m0/s1. The van der Waals surface area contributed by atoms with Crippen LogP contribution in [0.4, 0.5) is 9.18 Å². The second-order valence-electron chi connectivity index (χ2n) is 6.02. The third-order valence-corrected chi connectivity index (χ3v) is 6.33. The number of urea groups is 1. The van der Waals surface area contributed by atoms with Crippen molar-refractivity contribution in [3.8, 4) is 0 Å². The van der Waals surface area contributed by atoms with E-state index >= 15 is 0 Å². The Morgan fingerprint density at radius 3 is 2.29 bits per heavy atom. The van der Waals surface area contributed by atoms with Crippen molar-refractivity contribution in [2.45, 2.75) is 24.8 Å². The predicted molar refractivity (Wildman–Crippen MR) is 84.2 cm³/mol. The lowest BCUT2D eigenvalue weighted by molar-refractivity contribution is -0.119. The van der Waals surface area contributed by atoms with Gasteiger partial charge in [-0.1, -0.05) is 12.1 Å². The molecule has 0 aliphatic carbocycles. The van der Waals surface area contributed by atoms with Crippen LogP contribution in [-0.2, 0) is 14.8 Å². The summed E-state index contributed by atoms with van der Waals surface area (Å²) in [6, 6.07) is 4.54. The molecule has 130 valence electrons. The third kappa shape index (κ3) is 3.57. The zero-order chi connectivity index (χ0) is 17.3. The third-order valence-electron chi connectivity index (χ3n) is 4.42. The minimum absolute atomic E-state index is 0.187. The average molecular weight is 355 g/mol. The van der Waals surface area contributed by atoms with Gasteiger partial charge in [0.2, 0.25) is 10.0 Å². The molecule has 0 unspecified atom stereocenters. The van der Waals surface area contributed by atoms with Crippen LogP contribution in [0.3, 0.4) is 0 Å². The molecule has 0 saturated carbocycles. The van der Waals surface area contributed by atoms with Crippen molar-refractivity contribution in [2.24, 2.45) is 0 Å². The summed E-state index contributed by atoms with van der Waals surface area (Å²) in [5.74, 6) is -1.17. The minimum Gasteiger partial charge on any atom is -0.325 e. The minimum atomic E-state index is -3.64. The van der Waals surface area contributed by atoms with Crippen LogP contribution in [0.5, 0.6) is 0 Å². The molecule has 7 nitrogen and oxygen atoms in total. The Morgan fingerprint density at radius 2 is 1.75 bits per heavy atom. The van der Waals surface area contributed by atoms with Gasteiger partial charge in [-0.3, -0.25) is 10.1 Å². The molecule has 2 N–H and O–H groups in total. The Labute approximate surface area is 139 Å². The van der Waals surface area contributed by atoms with Gasteiger partial charge in [0.05, 0.1) is 5.75 Å². The number of piperidine rings is 1. The number of imide groups is 1. The van der Waals surface area contributed by atoms with Crippen LogP contribution >= 0.6 is 0 Å². The molecule has 1 aromatic carbocycles. The number of amides is 3. The smallest absolute Gasteiger partial charge is 0.322 e. The second-order valence-corrected chi connectivity index (χ2v) is 8.03. The van der Waals surface area contributed by atoms with Gasteiger partial charge in [0.1, 0.15) is 11.9 Å². The molecular weight excluding hydrogens is 337 g/mol. The lowest BCUT2D eigenvalue weighted by Crippen LogP contribution is -2.45. The largest absolute Gasteiger partial charge is 0.325 e. The van der Waals surface area contributed by atoms with Gasteiger partial charge in [-0.05, 0) is 36.5 Å². The zero-order valence-electron chi connectivity index (χ0n) is 12.9. The highest BCUT2D eigenvalue weighted by atomic mass is 32.2. The molecule has 2 heterocycles. The van der Waals surface area contributed by atoms with E-state index in [4.69, 9.17) is 0 Å². The van der Waals surface area contributed by atoms with Crippen LogP contribution in [0.2, 0.25) is 0 Å². The number of nitrogens with zero attached hydrogens (tertiary/aromatic N) is 1. The van der Waals surface area contributed by atoms with Gasteiger partial charge in [0.25, 0.3) is 5.91 Å². The molecule has 1 atom stereocenters. The summed E-state index contributed by atoms with van der Waals surface area (Å²) in [6.07, 6.45) is 1.27. The number of halogens is 1. The maximum Gasteiger partial charge on any atom is 0.322 e. The van der Waals surface area contributed by atoms with Crippen molar-refractivity contribution in [2.75, 3.05) is 18.8 Å². The number of carbonyl (C=O) groups is 2. The van der Waals surface area contributed by atoms with Gasteiger partial charge < -0.3 is 5.32 Å². The molecule has 3 rings (SSSR count). The quantitative estimate of drug-likeness (QED) is 0.771. The Balaban J connectivity index is 1.60. The van der Waals surface area contributed by atoms with Crippen molar-refractivity contribution in [3.63, 3.8) is 0 Å². The lowest BCUT2D eigenvalue weighted by Gasteiger charge is -2.31. The van der Waals surface area contributed by atoms with Crippen LogP contribution < -0.4 is 10.6 Å². The Bertz CT molecular complexity index is 742. The molecule has 0 bridgehead atoms. The van der Waals surface area contributed by atoms with E-state index in [1.54, 1.807) is 12.1 Å². The molecule has 9 heteroatoms. The van der Waals surface area contributed by atoms with Crippen molar-refractivity contribution in [1.29, 1.82) is 0 Å². The molecule has 0 spiro atoms. The number of carbonyl (C=O) groups excluding carboxylic acids is 2. The number of nitrogens with one attached hydrogen (secondary N) is 2. The maximum atomic E-state index is 13.0. The van der Waals surface area contributed by atoms with E-state index < -0.39 is 33.8 Å². The molecular formula is C15H18FN3O4S. The molecule has 1 aromatic rings. The van der Waals surface area contributed by atoms with Crippen LogP contribution in [-0.4, -0.2) is 49.5 Å². The summed E-state index contributed by atoms with van der Waals surface area (Å²) in [7, 11) is -3.64. The normalized spacial score (nSPS) is 23.1. The number of sulfonamides is 1. The van der Waals surface area contributed by atoms with Crippen LogP contribution in [0.1, 0.15) is 24.3 Å². The van der Waals surface area contributed by atoms with Crippen molar-refractivity contribution < 1.29 is 22.4 Å². The van der Waals surface area contributed by atoms with Crippen LogP contribution in [0, 0.1) is 5.82 Å². The van der Waals surface area contributed by atoms with E-state index in [2.05, 4.69) is 5.32 Å². The fourth-order valence-electron chi connectivity index (χ4n) is 3.09. The first kappa shape index (κ1) is 16.8. The van der Waals surface area contributed by atoms with Crippen molar-refractivity contribution in [1.82, 2.24) is 14.9 Å². The van der Waals surface area contributed by atoms with Gasteiger partial charge in [-0.15, -0.1) is 0 Å². The lowest BCUT2D eigenvalue weighted by atomic mass is 9.90. The topological polar surface area (TPSA) is 95.6 Å². The average Bonchev–Trinajstić information content (AvgIpc) is 2.85. The summed E-state index contributed by atoms with van der Waals surface area (Å²) in [4.78, 5) is 22.6. The summed E-state index contributed by atoms with van der Waals surface area (Å²) in [5.41, 5.74) is 0.996.